The van der Waals surface area contributed by atoms with E-state index >= 15 is 0 Å². The second-order valence-electron chi connectivity index (χ2n) is 10.0. The van der Waals surface area contributed by atoms with Gasteiger partial charge in [0.1, 0.15) is 5.56 Å². The van der Waals surface area contributed by atoms with Gasteiger partial charge in [0.25, 0.3) is 27.6 Å². The molecule has 2 amide bonds. The Morgan fingerprint density at radius 3 is 2.55 bits per heavy atom. The lowest BCUT2D eigenvalue weighted by molar-refractivity contribution is 0.0935. The fraction of sp³-hybridized carbons (Fsp3) is 0.167. The van der Waals surface area contributed by atoms with Crippen LogP contribution in [0.15, 0.2) is 65.7 Å². The van der Waals surface area contributed by atoms with E-state index in [0.29, 0.717) is 22.3 Å². The molecule has 1 atom stereocenters. The Morgan fingerprint density at radius 2 is 1.84 bits per heavy atom. The first-order valence-corrected chi connectivity index (χ1v) is 15.0. The zero-order valence-corrected chi connectivity index (χ0v) is 24.6. The molecule has 6 rings (SSSR count). The molecule has 44 heavy (non-hydrogen) atoms. The predicted molar refractivity (Wildman–Crippen MR) is 165 cm³/mol. The summed E-state index contributed by atoms with van der Waals surface area (Å²) in [6.07, 6.45) is 8.74. The summed E-state index contributed by atoms with van der Waals surface area (Å²) in [5.41, 5.74) is 1.24. The highest BCUT2D eigenvalue weighted by Crippen LogP contribution is 2.40. The molecule has 2 aromatic carbocycles. The second kappa shape index (κ2) is 10.6. The molecule has 0 saturated heterocycles. The van der Waals surface area contributed by atoms with Crippen LogP contribution in [-0.4, -0.2) is 53.0 Å². The maximum atomic E-state index is 14.3. The Labute approximate surface area is 251 Å². The first kappa shape index (κ1) is 28.6. The molecule has 4 heterocycles. The molecule has 3 N–H and O–H groups in total. The Balaban J connectivity index is 1.56. The minimum Gasteiger partial charge on any atom is -0.344 e. The first-order valence-electron chi connectivity index (χ1n) is 13.5. The summed E-state index contributed by atoms with van der Waals surface area (Å²) in [6.45, 7) is 3.34. The zero-order valence-electron chi connectivity index (χ0n) is 23.8. The molecule has 0 spiro atoms. The van der Waals surface area contributed by atoms with Gasteiger partial charge in [0, 0.05) is 42.6 Å². The standard InChI is InChI=1S/C30H26N8O5S/c1-5-18-13-14-20-22-21(18)30(41)38(19-11-8-7-9-12-19)25(23(22)29(40)36(20)4)17(3)33-28(39)24-26(35-44(42,43)32-6-2)34-37-16-10-15-31-27(24)37/h1,7-17,32H,6H2,2-4H3,(H,33,39)(H,34,35)/t17-/m0/s1. The van der Waals surface area contributed by atoms with Crippen LogP contribution in [0, 0.1) is 12.3 Å². The molecule has 1 aliphatic rings. The predicted octanol–water partition coefficient (Wildman–Crippen LogP) is 2.36. The van der Waals surface area contributed by atoms with Gasteiger partial charge in [0.2, 0.25) is 0 Å². The van der Waals surface area contributed by atoms with Gasteiger partial charge in [-0.15, -0.1) is 11.5 Å². The number of hydrogen-bond donors (Lipinski definition) is 3. The highest BCUT2D eigenvalue weighted by molar-refractivity contribution is 7.90. The molecule has 14 heteroatoms. The van der Waals surface area contributed by atoms with Crippen LogP contribution in [0.5, 0.6) is 0 Å². The average Bonchev–Trinajstić information content (AvgIpc) is 3.48. The highest BCUT2D eigenvalue weighted by Gasteiger charge is 2.37. The average molecular weight is 611 g/mol. The molecule has 0 saturated carbocycles. The Kier molecular flexibility index (Phi) is 6.91. The number of nitrogens with zero attached hydrogens (tertiary/aromatic N) is 5. The second-order valence-corrected chi connectivity index (χ2v) is 11.5. The van der Waals surface area contributed by atoms with E-state index in [9.17, 15) is 22.8 Å². The number of carbonyl (C=O) groups excluding carboxylic acids is 2. The lowest BCUT2D eigenvalue weighted by Gasteiger charge is -2.23. The molecular weight excluding hydrogens is 584 g/mol. The third-order valence-electron chi connectivity index (χ3n) is 7.34. The van der Waals surface area contributed by atoms with Gasteiger partial charge in [-0.1, -0.05) is 31.0 Å². The number of amides is 2. The van der Waals surface area contributed by atoms with Gasteiger partial charge in [-0.05, 0) is 37.3 Å². The summed E-state index contributed by atoms with van der Waals surface area (Å²) in [5, 5.41) is 7.69. The van der Waals surface area contributed by atoms with Crippen LogP contribution in [-0.2, 0) is 10.2 Å². The lowest BCUT2D eigenvalue weighted by atomic mass is 9.97. The van der Waals surface area contributed by atoms with Crippen LogP contribution < -0.4 is 25.2 Å². The van der Waals surface area contributed by atoms with Crippen LogP contribution >= 0.6 is 0 Å². The van der Waals surface area contributed by atoms with Crippen molar-refractivity contribution in [3.63, 3.8) is 0 Å². The molecular formula is C30H26N8O5S. The van der Waals surface area contributed by atoms with E-state index in [2.05, 4.69) is 30.8 Å². The van der Waals surface area contributed by atoms with Gasteiger partial charge < -0.3 is 10.2 Å². The topological polar surface area (TPSA) is 160 Å². The Hall–Kier alpha value is -5.52. The van der Waals surface area contributed by atoms with Gasteiger partial charge in [-0.25, -0.2) is 9.50 Å². The summed E-state index contributed by atoms with van der Waals surface area (Å²) in [7, 11) is -2.46. The SMILES string of the molecule is C#Cc1ccc2c3c(c([C@H](C)NC(=O)c4c(NS(=O)(=O)NCC)nn5cccnc45)n(-c4ccccc4)c(=O)c13)C(=O)N2C. The number of hydrogen-bond acceptors (Lipinski definition) is 7. The Bertz CT molecular complexity index is 2220. The quantitative estimate of drug-likeness (QED) is 0.228. The maximum absolute atomic E-state index is 14.3. The molecule has 0 fully saturated rings. The van der Waals surface area contributed by atoms with Crippen LogP contribution in [0.25, 0.3) is 22.1 Å². The van der Waals surface area contributed by atoms with Crippen LogP contribution in [0.2, 0.25) is 0 Å². The number of fused-ring (bicyclic) bond motifs is 1. The fourth-order valence-corrected chi connectivity index (χ4v) is 6.37. The largest absolute Gasteiger partial charge is 0.344 e. The molecule has 222 valence electrons. The third kappa shape index (κ3) is 4.46. The monoisotopic (exact) mass is 610 g/mol. The summed E-state index contributed by atoms with van der Waals surface area (Å²) in [6, 6.07) is 12.7. The zero-order chi connectivity index (χ0) is 31.3. The maximum Gasteiger partial charge on any atom is 0.300 e. The number of para-hydroxylation sites is 1. The van der Waals surface area contributed by atoms with Crippen molar-refractivity contribution in [2.45, 2.75) is 19.9 Å². The van der Waals surface area contributed by atoms with E-state index in [4.69, 9.17) is 6.42 Å². The van der Waals surface area contributed by atoms with Crippen LogP contribution in [0.1, 0.15) is 51.9 Å². The van der Waals surface area contributed by atoms with Crippen molar-refractivity contribution in [3.05, 3.63) is 93.7 Å². The van der Waals surface area contributed by atoms with Gasteiger partial charge in [0.05, 0.1) is 28.4 Å². The lowest BCUT2D eigenvalue weighted by Crippen LogP contribution is -2.35. The van der Waals surface area contributed by atoms with Gasteiger partial charge >= 0.3 is 0 Å². The van der Waals surface area contributed by atoms with E-state index < -0.39 is 27.7 Å². The number of nitrogens with one attached hydrogen (secondary N) is 3. The van der Waals surface area contributed by atoms with Gasteiger partial charge in [-0.3, -0.25) is 23.7 Å². The van der Waals surface area contributed by atoms with E-state index in [-0.39, 0.29) is 46.1 Å². The minimum absolute atomic E-state index is 0.0895. The van der Waals surface area contributed by atoms with E-state index in [1.165, 1.54) is 26.4 Å². The third-order valence-corrected chi connectivity index (χ3v) is 8.47. The Morgan fingerprint density at radius 1 is 1.09 bits per heavy atom. The molecule has 0 unspecified atom stereocenters. The number of rotatable bonds is 8. The van der Waals surface area contributed by atoms with Gasteiger partial charge in [-0.2, -0.15) is 13.1 Å². The first-order chi connectivity index (χ1) is 21.1. The molecule has 0 aliphatic carbocycles. The van der Waals surface area contributed by atoms with Crippen molar-refractivity contribution in [1.29, 1.82) is 0 Å². The fourth-order valence-electron chi connectivity index (χ4n) is 5.52. The highest BCUT2D eigenvalue weighted by atomic mass is 32.2. The molecule has 1 aliphatic heterocycles. The number of carbonyl (C=O) groups is 2. The van der Waals surface area contributed by atoms with E-state index in [1.807, 2.05) is 0 Å². The van der Waals surface area contributed by atoms with Crippen molar-refractivity contribution in [2.24, 2.45) is 0 Å². The molecule has 0 bridgehead atoms. The molecule has 3 aromatic heterocycles. The van der Waals surface area contributed by atoms with Crippen molar-refractivity contribution in [2.75, 3.05) is 23.2 Å². The molecule has 13 nitrogen and oxygen atoms in total. The van der Waals surface area contributed by atoms with Crippen molar-refractivity contribution in [1.82, 2.24) is 29.2 Å². The van der Waals surface area contributed by atoms with Crippen LogP contribution in [0.3, 0.4) is 0 Å². The van der Waals surface area contributed by atoms with Gasteiger partial charge in [0.15, 0.2) is 11.5 Å². The summed E-state index contributed by atoms with van der Waals surface area (Å²) in [4.78, 5) is 47.7. The number of pyridine rings is 1. The van der Waals surface area contributed by atoms with Crippen LogP contribution in [0.4, 0.5) is 11.5 Å². The number of anilines is 2. The molecule has 5 aromatic rings. The summed E-state index contributed by atoms with van der Waals surface area (Å²) < 4.78 is 32.3. The number of aromatic nitrogens is 4. The number of terminal acetylenes is 1. The van der Waals surface area contributed by atoms with Crippen molar-refractivity contribution in [3.8, 4) is 18.0 Å². The summed E-state index contributed by atoms with van der Waals surface area (Å²) >= 11 is 0. The van der Waals surface area contributed by atoms with Crippen molar-refractivity contribution < 1.29 is 18.0 Å². The number of benzene rings is 2. The normalized spacial score (nSPS) is 13.3. The van der Waals surface area contributed by atoms with Crippen molar-refractivity contribution >= 4 is 49.9 Å². The van der Waals surface area contributed by atoms with E-state index in [1.54, 1.807) is 69.4 Å². The smallest absolute Gasteiger partial charge is 0.300 e. The molecule has 0 radical (unpaired) electrons. The summed E-state index contributed by atoms with van der Waals surface area (Å²) in [5.74, 6) is 1.19. The minimum atomic E-state index is -4.06. The van der Waals surface area contributed by atoms with E-state index in [0.717, 1.165) is 0 Å².